The van der Waals surface area contributed by atoms with Gasteiger partial charge in [-0.05, 0) is 29.7 Å². The predicted octanol–water partition coefficient (Wildman–Crippen LogP) is 2.75. The normalized spacial score (nSPS) is 12.4. The maximum absolute atomic E-state index is 10.8. The number of rotatable bonds is 5. The summed E-state index contributed by atoms with van der Waals surface area (Å²) < 4.78 is 5.06. The van der Waals surface area contributed by atoms with Crippen LogP contribution in [-0.4, -0.2) is 18.2 Å². The molecule has 1 atom stereocenters. The van der Waals surface area contributed by atoms with Crippen molar-refractivity contribution in [3.8, 4) is 0 Å². The van der Waals surface area contributed by atoms with E-state index in [2.05, 4.69) is 0 Å². The Kier molecular flexibility index (Phi) is 4.77. The minimum absolute atomic E-state index is 0.422. The average Bonchev–Trinajstić information content (AvgIpc) is 2.22. The summed E-state index contributed by atoms with van der Waals surface area (Å²) in [6, 6.07) is 5.45. The van der Waals surface area contributed by atoms with Gasteiger partial charge in [0.15, 0.2) is 0 Å². The van der Waals surface area contributed by atoms with Crippen LogP contribution in [0.1, 0.15) is 18.1 Å². The summed E-state index contributed by atoms with van der Waals surface area (Å²) in [6.45, 7) is 2.15. The fraction of sp³-hybridized carbons (Fsp3) is 0.417. The Hall–Kier alpha value is -1.06. The Morgan fingerprint density at radius 1 is 1.50 bits per heavy atom. The van der Waals surface area contributed by atoms with E-state index in [-0.39, 0.29) is 0 Å². The molecule has 0 bridgehead atoms. The maximum atomic E-state index is 10.8. The van der Waals surface area contributed by atoms with Gasteiger partial charge in [0.25, 0.3) is 0 Å². The largest absolute Gasteiger partial charge is 0.481 e. The molecule has 88 valence electrons. The van der Waals surface area contributed by atoms with Crippen LogP contribution in [0.4, 0.5) is 0 Å². The number of hydrogen-bond donors (Lipinski definition) is 1. The first kappa shape index (κ1) is 13.0. The molecule has 1 rings (SSSR count). The highest BCUT2D eigenvalue weighted by molar-refractivity contribution is 6.30. The van der Waals surface area contributed by atoms with E-state index in [9.17, 15) is 4.79 Å². The fourth-order valence-electron chi connectivity index (χ4n) is 1.50. The van der Waals surface area contributed by atoms with Crippen molar-refractivity contribution < 1.29 is 14.6 Å². The van der Waals surface area contributed by atoms with Crippen molar-refractivity contribution in [3.05, 3.63) is 34.3 Å². The molecular weight excluding hydrogens is 228 g/mol. The molecule has 0 radical (unpaired) electrons. The Morgan fingerprint density at radius 2 is 2.19 bits per heavy atom. The number of ether oxygens (including phenoxy) is 1. The smallest absolute Gasteiger partial charge is 0.306 e. The van der Waals surface area contributed by atoms with Crippen molar-refractivity contribution in [3.63, 3.8) is 0 Å². The molecule has 0 heterocycles. The molecule has 0 saturated carbocycles. The van der Waals surface area contributed by atoms with Gasteiger partial charge < -0.3 is 9.84 Å². The van der Waals surface area contributed by atoms with Crippen molar-refractivity contribution >= 4 is 17.6 Å². The van der Waals surface area contributed by atoms with Crippen LogP contribution in [0, 0.1) is 5.92 Å². The maximum Gasteiger partial charge on any atom is 0.306 e. The van der Waals surface area contributed by atoms with E-state index in [1.54, 1.807) is 26.2 Å². The van der Waals surface area contributed by atoms with Gasteiger partial charge in [0.2, 0.25) is 0 Å². The van der Waals surface area contributed by atoms with Crippen molar-refractivity contribution in [1.29, 1.82) is 0 Å². The van der Waals surface area contributed by atoms with Crippen LogP contribution >= 0.6 is 11.6 Å². The van der Waals surface area contributed by atoms with Gasteiger partial charge in [0.05, 0.1) is 12.5 Å². The summed E-state index contributed by atoms with van der Waals surface area (Å²) in [5.74, 6) is -1.22. The second-order valence-corrected chi connectivity index (χ2v) is 4.23. The van der Waals surface area contributed by atoms with Crippen LogP contribution in [0.5, 0.6) is 0 Å². The predicted molar refractivity (Wildman–Crippen MR) is 62.7 cm³/mol. The number of carbonyl (C=O) groups is 1. The van der Waals surface area contributed by atoms with E-state index in [0.717, 1.165) is 11.1 Å². The third kappa shape index (κ3) is 3.51. The minimum Gasteiger partial charge on any atom is -0.481 e. The van der Waals surface area contributed by atoms with Crippen LogP contribution in [0.2, 0.25) is 5.02 Å². The monoisotopic (exact) mass is 242 g/mol. The van der Waals surface area contributed by atoms with Crippen LogP contribution in [0.15, 0.2) is 18.2 Å². The first-order valence-electron chi connectivity index (χ1n) is 5.03. The van der Waals surface area contributed by atoms with Crippen LogP contribution < -0.4 is 0 Å². The first-order chi connectivity index (χ1) is 7.54. The van der Waals surface area contributed by atoms with E-state index >= 15 is 0 Å². The van der Waals surface area contributed by atoms with Gasteiger partial charge in [-0.3, -0.25) is 4.79 Å². The standard InChI is InChI=1S/C12H15ClO3/c1-8(12(14)15)5-10-6-11(13)4-3-9(10)7-16-2/h3-4,6,8H,5,7H2,1-2H3,(H,14,15). The summed E-state index contributed by atoms with van der Waals surface area (Å²) in [7, 11) is 1.61. The molecule has 0 amide bonds. The third-order valence-corrected chi connectivity index (χ3v) is 2.65. The Morgan fingerprint density at radius 3 is 2.75 bits per heavy atom. The highest BCUT2D eigenvalue weighted by Gasteiger charge is 2.14. The van der Waals surface area contributed by atoms with Crippen molar-refractivity contribution in [2.75, 3.05) is 7.11 Å². The van der Waals surface area contributed by atoms with Crippen LogP contribution in [0.3, 0.4) is 0 Å². The minimum atomic E-state index is -0.802. The van der Waals surface area contributed by atoms with E-state index in [1.165, 1.54) is 0 Å². The lowest BCUT2D eigenvalue weighted by atomic mass is 9.97. The number of benzene rings is 1. The summed E-state index contributed by atoms with van der Waals surface area (Å²) in [6.07, 6.45) is 0.467. The summed E-state index contributed by atoms with van der Waals surface area (Å²) in [5, 5.41) is 9.49. The fourth-order valence-corrected chi connectivity index (χ4v) is 1.69. The third-order valence-electron chi connectivity index (χ3n) is 2.42. The quantitative estimate of drug-likeness (QED) is 0.864. The second kappa shape index (κ2) is 5.87. The van der Waals surface area contributed by atoms with Gasteiger partial charge in [-0.25, -0.2) is 0 Å². The SMILES string of the molecule is COCc1ccc(Cl)cc1CC(C)C(=O)O. The van der Waals surface area contributed by atoms with E-state index in [1.807, 2.05) is 6.07 Å². The first-order valence-corrected chi connectivity index (χ1v) is 5.41. The summed E-state index contributed by atoms with van der Waals surface area (Å²) in [4.78, 5) is 10.8. The number of aliphatic carboxylic acids is 1. The molecule has 0 spiro atoms. The van der Waals surface area contributed by atoms with Gasteiger partial charge in [0.1, 0.15) is 0 Å². The number of methoxy groups -OCH3 is 1. The van der Waals surface area contributed by atoms with E-state index < -0.39 is 11.9 Å². The molecule has 16 heavy (non-hydrogen) atoms. The lowest BCUT2D eigenvalue weighted by molar-refractivity contribution is -0.141. The molecule has 0 aromatic heterocycles. The number of halogens is 1. The van der Waals surface area contributed by atoms with Gasteiger partial charge in [-0.15, -0.1) is 0 Å². The topological polar surface area (TPSA) is 46.5 Å². The number of carboxylic acid groups (broad SMARTS) is 1. The van der Waals surface area contributed by atoms with Gasteiger partial charge in [-0.2, -0.15) is 0 Å². The number of carboxylic acids is 1. The van der Waals surface area contributed by atoms with Crippen LogP contribution in [-0.2, 0) is 22.6 Å². The molecule has 0 saturated heterocycles. The molecule has 1 N–H and O–H groups in total. The Labute approximate surface area is 100.0 Å². The number of hydrogen-bond acceptors (Lipinski definition) is 2. The molecule has 0 aliphatic rings. The van der Waals surface area contributed by atoms with Crippen molar-refractivity contribution in [2.24, 2.45) is 5.92 Å². The zero-order valence-corrected chi connectivity index (χ0v) is 10.1. The highest BCUT2D eigenvalue weighted by atomic mass is 35.5. The second-order valence-electron chi connectivity index (χ2n) is 3.79. The molecule has 0 fully saturated rings. The molecular formula is C12H15ClO3. The van der Waals surface area contributed by atoms with E-state index in [0.29, 0.717) is 18.1 Å². The van der Waals surface area contributed by atoms with Crippen molar-refractivity contribution in [2.45, 2.75) is 20.0 Å². The lowest BCUT2D eigenvalue weighted by Crippen LogP contribution is -2.13. The van der Waals surface area contributed by atoms with Crippen molar-refractivity contribution in [1.82, 2.24) is 0 Å². The molecule has 0 aliphatic carbocycles. The molecule has 3 nitrogen and oxygen atoms in total. The van der Waals surface area contributed by atoms with E-state index in [4.69, 9.17) is 21.4 Å². The Balaban J connectivity index is 2.91. The zero-order valence-electron chi connectivity index (χ0n) is 9.37. The molecule has 1 aromatic carbocycles. The summed E-state index contributed by atoms with van der Waals surface area (Å²) in [5.41, 5.74) is 1.92. The lowest BCUT2D eigenvalue weighted by Gasteiger charge is -2.11. The molecule has 0 aliphatic heterocycles. The Bertz CT molecular complexity index is 377. The van der Waals surface area contributed by atoms with Gasteiger partial charge in [-0.1, -0.05) is 24.6 Å². The zero-order chi connectivity index (χ0) is 12.1. The average molecular weight is 243 g/mol. The molecule has 1 aromatic rings. The van der Waals surface area contributed by atoms with Gasteiger partial charge >= 0.3 is 5.97 Å². The van der Waals surface area contributed by atoms with Crippen LogP contribution in [0.25, 0.3) is 0 Å². The van der Waals surface area contributed by atoms with Gasteiger partial charge in [0, 0.05) is 12.1 Å². The molecule has 1 unspecified atom stereocenters. The summed E-state index contributed by atoms with van der Waals surface area (Å²) >= 11 is 5.89. The highest BCUT2D eigenvalue weighted by Crippen LogP contribution is 2.20. The molecule has 4 heteroatoms.